The minimum absolute atomic E-state index is 0. The van der Waals surface area contributed by atoms with Crippen molar-refractivity contribution in [1.29, 1.82) is 5.26 Å². The molecule has 4 N–H and O–H groups in total. The minimum Gasteiger partial charge on any atom is -0.368 e. The fourth-order valence-electron chi connectivity index (χ4n) is 3.90. The Bertz CT molecular complexity index is 969. The third-order valence-corrected chi connectivity index (χ3v) is 7.19. The minimum atomic E-state index is -0.848. The molecule has 0 spiro atoms. The molecule has 12 heteroatoms. The standard InChI is InChI=1S/C25H40N8O3S.3H2/c1-6-27-24(35)18(12-26)16-37-20(25(36)29-17(2)3)13-28-21-8-7-9-22(30-21)31-23(34)15-33(5)19-10-11-32(4)14-19;;;/h7-9,17-20H,6,10-11,13-16H2,1-5H3,(H,27,35)(H,29,36)(H2,28,30,31,34);3*1H. The smallest absolute Gasteiger partial charge is 0.239 e. The molecule has 0 aliphatic carbocycles. The summed E-state index contributed by atoms with van der Waals surface area (Å²) in [5.41, 5.74) is 0. The average molecular weight is 539 g/mol. The van der Waals surface area contributed by atoms with Gasteiger partial charge in [-0.2, -0.15) is 5.26 Å². The molecular formula is C25H46N8O3S. The number of likely N-dealkylation sites (tertiary alicyclic amines) is 1. The topological polar surface area (TPSA) is 142 Å². The van der Waals surface area contributed by atoms with E-state index in [1.807, 2.05) is 27.0 Å². The van der Waals surface area contributed by atoms with E-state index in [-0.39, 0.29) is 46.9 Å². The number of rotatable bonds is 14. The first kappa shape index (κ1) is 30.3. The summed E-state index contributed by atoms with van der Waals surface area (Å²) in [6, 6.07) is 7.57. The van der Waals surface area contributed by atoms with Crippen LogP contribution in [0.25, 0.3) is 0 Å². The maximum Gasteiger partial charge on any atom is 0.239 e. The van der Waals surface area contributed by atoms with Crippen LogP contribution in [0.5, 0.6) is 0 Å². The summed E-state index contributed by atoms with van der Waals surface area (Å²) in [7, 11) is 4.04. The molecule has 0 bridgehead atoms. The lowest BCUT2D eigenvalue weighted by atomic mass is 10.2. The summed E-state index contributed by atoms with van der Waals surface area (Å²) in [5.74, 6) is -0.406. The number of hydrogen-bond donors (Lipinski definition) is 4. The number of aromatic nitrogens is 1. The Morgan fingerprint density at radius 2 is 2.03 bits per heavy atom. The fourth-order valence-corrected chi connectivity index (χ4v) is 4.97. The van der Waals surface area contributed by atoms with Gasteiger partial charge < -0.3 is 26.2 Å². The third kappa shape index (κ3) is 10.6. The van der Waals surface area contributed by atoms with Gasteiger partial charge in [-0.1, -0.05) is 6.07 Å². The first-order valence-electron chi connectivity index (χ1n) is 12.6. The van der Waals surface area contributed by atoms with Gasteiger partial charge in [-0.15, -0.1) is 11.8 Å². The predicted octanol–water partition coefficient (Wildman–Crippen LogP) is 1.71. The predicted molar refractivity (Wildman–Crippen MR) is 154 cm³/mol. The Hall–Kier alpha value is -2.88. The van der Waals surface area contributed by atoms with Crippen molar-refractivity contribution in [3.63, 3.8) is 0 Å². The monoisotopic (exact) mass is 538 g/mol. The molecule has 1 aromatic heterocycles. The first-order chi connectivity index (χ1) is 17.6. The van der Waals surface area contributed by atoms with E-state index in [1.54, 1.807) is 25.1 Å². The van der Waals surface area contributed by atoms with Gasteiger partial charge >= 0.3 is 0 Å². The van der Waals surface area contributed by atoms with Crippen molar-refractivity contribution in [3.8, 4) is 6.07 Å². The van der Waals surface area contributed by atoms with Gasteiger partial charge in [-0.25, -0.2) is 4.98 Å². The Labute approximate surface area is 228 Å². The zero-order valence-electron chi connectivity index (χ0n) is 22.4. The van der Waals surface area contributed by atoms with Gasteiger partial charge in [-0.05, 0) is 60.0 Å². The van der Waals surface area contributed by atoms with Gasteiger partial charge in [0, 0.05) is 41.8 Å². The van der Waals surface area contributed by atoms with Crippen molar-refractivity contribution in [2.45, 2.75) is 44.5 Å². The first-order valence-corrected chi connectivity index (χ1v) is 13.7. The molecule has 0 saturated carbocycles. The SMILES string of the molecule is CCNC(=O)C(C#N)CSC(CNc1cccc(NC(=O)CN(C)C2CCN(C)C2)n1)C(=O)NC(C)C.[HH].[HH].[HH]. The van der Waals surface area contributed by atoms with Crippen LogP contribution in [-0.2, 0) is 14.4 Å². The molecular weight excluding hydrogens is 492 g/mol. The van der Waals surface area contributed by atoms with Gasteiger partial charge in [0.05, 0.1) is 12.6 Å². The van der Waals surface area contributed by atoms with Crippen molar-refractivity contribution in [2.24, 2.45) is 5.92 Å². The van der Waals surface area contributed by atoms with Crippen LogP contribution in [0, 0.1) is 17.2 Å². The highest BCUT2D eigenvalue weighted by Gasteiger charge is 2.26. The van der Waals surface area contributed by atoms with Gasteiger partial charge in [-0.3, -0.25) is 19.3 Å². The second kappa shape index (κ2) is 15.4. The molecule has 3 amide bonds. The van der Waals surface area contributed by atoms with Gasteiger partial charge in [0.2, 0.25) is 17.7 Å². The molecule has 0 radical (unpaired) electrons. The van der Waals surface area contributed by atoms with E-state index in [0.717, 1.165) is 19.5 Å². The van der Waals surface area contributed by atoms with Gasteiger partial charge in [0.25, 0.3) is 0 Å². The lowest BCUT2D eigenvalue weighted by molar-refractivity contribution is -0.123. The summed E-state index contributed by atoms with van der Waals surface area (Å²) < 4.78 is 0. The maximum absolute atomic E-state index is 12.8. The Balaban J connectivity index is 0. The summed E-state index contributed by atoms with van der Waals surface area (Å²) in [6.45, 7) is 8.46. The molecule has 1 aliphatic rings. The maximum atomic E-state index is 12.8. The quantitative estimate of drug-likeness (QED) is 0.278. The van der Waals surface area contributed by atoms with E-state index < -0.39 is 11.2 Å². The van der Waals surface area contributed by atoms with Crippen LogP contribution in [0.1, 0.15) is 31.5 Å². The van der Waals surface area contributed by atoms with Crippen LogP contribution in [0.4, 0.5) is 11.6 Å². The van der Waals surface area contributed by atoms with E-state index in [1.165, 1.54) is 11.8 Å². The van der Waals surface area contributed by atoms with Crippen LogP contribution >= 0.6 is 11.8 Å². The number of likely N-dealkylation sites (N-methyl/N-ethyl adjacent to an activating group) is 2. The van der Waals surface area contributed by atoms with Crippen molar-refractivity contribution >= 4 is 41.1 Å². The number of anilines is 2. The molecule has 1 fully saturated rings. The number of amides is 3. The van der Waals surface area contributed by atoms with Crippen molar-refractivity contribution < 1.29 is 18.7 Å². The molecule has 2 heterocycles. The molecule has 2 rings (SSSR count). The zero-order chi connectivity index (χ0) is 27.4. The fraction of sp³-hybridized carbons (Fsp3) is 0.640. The highest BCUT2D eigenvalue weighted by atomic mass is 32.2. The van der Waals surface area contributed by atoms with E-state index in [9.17, 15) is 19.6 Å². The summed E-state index contributed by atoms with van der Waals surface area (Å²) in [6.07, 6.45) is 1.04. The Morgan fingerprint density at radius 1 is 1.30 bits per heavy atom. The number of carbonyl (C=O) groups excluding carboxylic acids is 3. The van der Waals surface area contributed by atoms with E-state index in [4.69, 9.17) is 0 Å². The highest BCUT2D eigenvalue weighted by Crippen LogP contribution is 2.18. The molecule has 3 atom stereocenters. The molecule has 11 nitrogen and oxygen atoms in total. The number of nitrogens with zero attached hydrogens (tertiary/aromatic N) is 4. The number of carbonyl (C=O) groups is 3. The molecule has 1 aliphatic heterocycles. The van der Waals surface area contributed by atoms with Crippen LogP contribution in [0.2, 0.25) is 0 Å². The second-order valence-electron chi connectivity index (χ2n) is 9.52. The Morgan fingerprint density at radius 3 is 2.65 bits per heavy atom. The molecule has 0 aromatic carbocycles. The van der Waals surface area contributed by atoms with Crippen LogP contribution < -0.4 is 21.3 Å². The molecule has 210 valence electrons. The number of pyridine rings is 1. The average Bonchev–Trinajstić information content (AvgIpc) is 3.27. The summed E-state index contributed by atoms with van der Waals surface area (Å²) in [4.78, 5) is 46.2. The zero-order valence-corrected chi connectivity index (χ0v) is 23.2. The lowest BCUT2D eigenvalue weighted by Gasteiger charge is -2.23. The number of hydrogen-bond acceptors (Lipinski definition) is 9. The largest absolute Gasteiger partial charge is 0.368 e. The molecule has 1 aromatic rings. The van der Waals surface area contributed by atoms with Crippen molar-refractivity contribution in [3.05, 3.63) is 18.2 Å². The highest BCUT2D eigenvalue weighted by molar-refractivity contribution is 8.00. The van der Waals surface area contributed by atoms with Crippen LogP contribution in [-0.4, -0.2) is 102 Å². The van der Waals surface area contributed by atoms with E-state index >= 15 is 0 Å². The normalized spacial score (nSPS) is 17.2. The lowest BCUT2D eigenvalue weighted by Crippen LogP contribution is -2.41. The number of nitriles is 1. The van der Waals surface area contributed by atoms with Crippen molar-refractivity contribution in [2.75, 3.05) is 63.2 Å². The summed E-state index contributed by atoms with van der Waals surface area (Å²) in [5, 5.41) is 20.4. The van der Waals surface area contributed by atoms with Crippen LogP contribution in [0.3, 0.4) is 0 Å². The summed E-state index contributed by atoms with van der Waals surface area (Å²) >= 11 is 1.25. The third-order valence-electron chi connectivity index (χ3n) is 5.88. The van der Waals surface area contributed by atoms with Gasteiger partial charge in [0.1, 0.15) is 22.8 Å². The van der Waals surface area contributed by atoms with Crippen molar-refractivity contribution in [1.82, 2.24) is 25.4 Å². The van der Waals surface area contributed by atoms with Crippen LogP contribution in [0.15, 0.2) is 18.2 Å². The van der Waals surface area contributed by atoms with E-state index in [0.29, 0.717) is 24.2 Å². The molecule has 3 unspecified atom stereocenters. The van der Waals surface area contributed by atoms with Gasteiger partial charge in [0.15, 0.2) is 0 Å². The second-order valence-corrected chi connectivity index (χ2v) is 10.8. The van der Waals surface area contributed by atoms with E-state index in [2.05, 4.69) is 43.1 Å². The molecule has 1 saturated heterocycles. The number of thioether (sulfide) groups is 1. The number of nitrogens with one attached hydrogen (secondary N) is 4. The Kier molecular flexibility index (Phi) is 12.6. The molecule has 37 heavy (non-hydrogen) atoms.